The maximum absolute atomic E-state index is 11.8. The lowest BCUT2D eigenvalue weighted by atomic mass is 10.2. The van der Waals surface area contributed by atoms with Gasteiger partial charge in [-0.25, -0.2) is 0 Å². The van der Waals surface area contributed by atoms with Gasteiger partial charge in [0.15, 0.2) is 0 Å². The first-order valence-corrected chi connectivity index (χ1v) is 6.53. The minimum absolute atomic E-state index is 0.187. The Labute approximate surface area is 114 Å². The van der Waals surface area contributed by atoms with Crippen LogP contribution in [0, 0.1) is 0 Å². The molecule has 6 heteroatoms. The van der Waals surface area contributed by atoms with Gasteiger partial charge in [-0.1, -0.05) is 6.92 Å². The topological polar surface area (TPSA) is 71.1 Å². The molecule has 0 saturated carbocycles. The van der Waals surface area contributed by atoms with Crippen molar-refractivity contribution in [3.63, 3.8) is 0 Å². The van der Waals surface area contributed by atoms with Gasteiger partial charge in [-0.3, -0.25) is 14.6 Å². The van der Waals surface area contributed by atoms with Gasteiger partial charge >= 0.3 is 0 Å². The van der Waals surface area contributed by atoms with Crippen LogP contribution in [0.25, 0.3) is 0 Å². The van der Waals surface area contributed by atoms with Crippen molar-refractivity contribution >= 4 is 27.7 Å². The fraction of sp³-hybridized carbons (Fsp3) is 0.417. The average Bonchev–Trinajstić information content (AvgIpc) is 2.35. The molecule has 1 aromatic heterocycles. The van der Waals surface area contributed by atoms with E-state index >= 15 is 0 Å². The molecule has 0 aromatic carbocycles. The third-order valence-corrected chi connectivity index (χ3v) is 2.69. The van der Waals surface area contributed by atoms with E-state index in [0.29, 0.717) is 12.1 Å². The minimum Gasteiger partial charge on any atom is -0.354 e. The molecule has 1 heterocycles. The number of halogens is 1. The van der Waals surface area contributed by atoms with Crippen molar-refractivity contribution in [1.82, 2.24) is 15.6 Å². The van der Waals surface area contributed by atoms with Gasteiger partial charge in [0.25, 0.3) is 5.91 Å². The van der Waals surface area contributed by atoms with E-state index in [-0.39, 0.29) is 11.8 Å². The van der Waals surface area contributed by atoms with Crippen molar-refractivity contribution in [3.8, 4) is 0 Å². The first-order valence-electron chi connectivity index (χ1n) is 5.73. The number of hydrogen-bond donors (Lipinski definition) is 2. The molecule has 1 rings (SSSR count). The molecule has 1 atom stereocenters. The fourth-order valence-corrected chi connectivity index (χ4v) is 1.65. The monoisotopic (exact) mass is 313 g/mol. The van der Waals surface area contributed by atoms with Gasteiger partial charge in [-0.15, -0.1) is 0 Å². The Morgan fingerprint density at radius 2 is 2.17 bits per heavy atom. The van der Waals surface area contributed by atoms with Crippen LogP contribution in [0.3, 0.4) is 0 Å². The molecule has 0 radical (unpaired) electrons. The second kappa shape index (κ2) is 7.10. The zero-order valence-corrected chi connectivity index (χ0v) is 12.0. The van der Waals surface area contributed by atoms with Crippen LogP contribution < -0.4 is 10.6 Å². The van der Waals surface area contributed by atoms with Crippen LogP contribution in [0.15, 0.2) is 22.9 Å². The van der Waals surface area contributed by atoms with E-state index in [2.05, 4.69) is 31.5 Å². The highest BCUT2D eigenvalue weighted by Crippen LogP contribution is 2.09. The highest BCUT2D eigenvalue weighted by atomic mass is 79.9. The van der Waals surface area contributed by atoms with Crippen molar-refractivity contribution in [2.45, 2.75) is 26.3 Å². The van der Waals surface area contributed by atoms with Gasteiger partial charge in [0.2, 0.25) is 5.91 Å². The summed E-state index contributed by atoms with van der Waals surface area (Å²) < 4.78 is 0.721. The third-order valence-electron chi connectivity index (χ3n) is 2.26. The van der Waals surface area contributed by atoms with Crippen LogP contribution in [-0.4, -0.2) is 29.4 Å². The van der Waals surface area contributed by atoms with E-state index in [1.54, 1.807) is 19.2 Å². The summed E-state index contributed by atoms with van der Waals surface area (Å²) in [7, 11) is 0. The lowest BCUT2D eigenvalue weighted by Crippen LogP contribution is -2.45. The first kappa shape index (κ1) is 14.6. The minimum atomic E-state index is -0.567. The molecule has 5 nitrogen and oxygen atoms in total. The van der Waals surface area contributed by atoms with E-state index in [1.807, 2.05) is 6.92 Å². The highest BCUT2D eigenvalue weighted by molar-refractivity contribution is 9.10. The molecule has 0 aliphatic heterocycles. The number of hydrogen-bond acceptors (Lipinski definition) is 3. The number of carbonyl (C=O) groups is 2. The van der Waals surface area contributed by atoms with E-state index < -0.39 is 6.04 Å². The predicted molar refractivity (Wildman–Crippen MR) is 72.2 cm³/mol. The van der Waals surface area contributed by atoms with Crippen LogP contribution >= 0.6 is 15.9 Å². The zero-order chi connectivity index (χ0) is 13.5. The molecule has 98 valence electrons. The normalized spacial score (nSPS) is 11.7. The van der Waals surface area contributed by atoms with Gasteiger partial charge in [0.05, 0.1) is 5.56 Å². The first-order chi connectivity index (χ1) is 8.54. The molecule has 0 aliphatic rings. The van der Waals surface area contributed by atoms with Gasteiger partial charge in [-0.05, 0) is 35.3 Å². The summed E-state index contributed by atoms with van der Waals surface area (Å²) >= 11 is 3.24. The predicted octanol–water partition coefficient (Wildman–Crippen LogP) is 1.49. The van der Waals surface area contributed by atoms with Crippen LogP contribution in [0.2, 0.25) is 0 Å². The number of nitrogens with one attached hydrogen (secondary N) is 2. The smallest absolute Gasteiger partial charge is 0.253 e. The molecule has 18 heavy (non-hydrogen) atoms. The molecule has 2 N–H and O–H groups in total. The van der Waals surface area contributed by atoms with Crippen LogP contribution in [-0.2, 0) is 4.79 Å². The SMILES string of the molecule is CCCNC(=O)[C@H](C)NC(=O)c1cncc(Br)c1. The second-order valence-electron chi connectivity index (χ2n) is 3.88. The summed E-state index contributed by atoms with van der Waals surface area (Å²) in [6, 6.07) is 1.09. The van der Waals surface area contributed by atoms with Crippen LogP contribution in [0.4, 0.5) is 0 Å². The fourth-order valence-electron chi connectivity index (χ4n) is 1.28. The summed E-state index contributed by atoms with van der Waals surface area (Å²) in [5, 5.41) is 5.34. The molecule has 0 aliphatic carbocycles. The summed E-state index contributed by atoms with van der Waals surface area (Å²) in [4.78, 5) is 27.3. The number of amides is 2. The molecule has 0 bridgehead atoms. The quantitative estimate of drug-likeness (QED) is 0.865. The second-order valence-corrected chi connectivity index (χ2v) is 4.79. The van der Waals surface area contributed by atoms with Crippen molar-refractivity contribution in [1.29, 1.82) is 0 Å². The molecule has 0 spiro atoms. The maximum Gasteiger partial charge on any atom is 0.253 e. The number of nitrogens with zero attached hydrogens (tertiary/aromatic N) is 1. The Bertz CT molecular complexity index is 437. The summed E-state index contributed by atoms with van der Waals surface area (Å²) in [6.07, 6.45) is 3.91. The Kier molecular flexibility index (Phi) is 5.77. The molecule has 1 aromatic rings. The molecule has 0 unspecified atom stereocenters. The maximum atomic E-state index is 11.8. The zero-order valence-electron chi connectivity index (χ0n) is 10.4. The molecule has 0 fully saturated rings. The summed E-state index contributed by atoms with van der Waals surface area (Å²) in [6.45, 7) is 4.22. The lowest BCUT2D eigenvalue weighted by molar-refractivity contribution is -0.122. The van der Waals surface area contributed by atoms with Crippen molar-refractivity contribution in [2.24, 2.45) is 0 Å². The Balaban J connectivity index is 2.56. The van der Waals surface area contributed by atoms with E-state index in [1.165, 1.54) is 6.20 Å². The van der Waals surface area contributed by atoms with E-state index in [9.17, 15) is 9.59 Å². The van der Waals surface area contributed by atoms with Gasteiger partial charge in [0, 0.05) is 23.4 Å². The Morgan fingerprint density at radius 3 is 2.78 bits per heavy atom. The molecular weight excluding hydrogens is 298 g/mol. The number of pyridine rings is 1. The van der Waals surface area contributed by atoms with Crippen LogP contribution in [0.1, 0.15) is 30.6 Å². The molecule has 0 saturated heterocycles. The van der Waals surface area contributed by atoms with E-state index in [0.717, 1.165) is 10.9 Å². The van der Waals surface area contributed by atoms with Crippen molar-refractivity contribution < 1.29 is 9.59 Å². The van der Waals surface area contributed by atoms with Crippen LogP contribution in [0.5, 0.6) is 0 Å². The number of rotatable bonds is 5. The summed E-state index contributed by atoms with van der Waals surface area (Å²) in [5.74, 6) is -0.504. The lowest BCUT2D eigenvalue weighted by Gasteiger charge is -2.13. The Hall–Kier alpha value is -1.43. The molecular formula is C12H16BrN3O2. The van der Waals surface area contributed by atoms with Crippen molar-refractivity contribution in [2.75, 3.05) is 6.54 Å². The number of carbonyl (C=O) groups excluding carboxylic acids is 2. The summed E-state index contributed by atoms with van der Waals surface area (Å²) in [5.41, 5.74) is 0.416. The average molecular weight is 314 g/mol. The third kappa shape index (κ3) is 4.44. The Morgan fingerprint density at radius 1 is 1.44 bits per heavy atom. The largest absolute Gasteiger partial charge is 0.354 e. The molecule has 2 amide bonds. The van der Waals surface area contributed by atoms with Crippen molar-refractivity contribution in [3.05, 3.63) is 28.5 Å². The highest BCUT2D eigenvalue weighted by Gasteiger charge is 2.16. The standard InChI is InChI=1S/C12H16BrN3O2/c1-3-4-15-11(17)8(2)16-12(18)9-5-10(13)7-14-6-9/h5-8H,3-4H2,1-2H3,(H,15,17)(H,16,18)/t8-/m0/s1. The van der Waals surface area contributed by atoms with E-state index in [4.69, 9.17) is 0 Å². The van der Waals surface area contributed by atoms with Gasteiger partial charge in [0.1, 0.15) is 6.04 Å². The number of aromatic nitrogens is 1. The van der Waals surface area contributed by atoms with Gasteiger partial charge < -0.3 is 10.6 Å². The van der Waals surface area contributed by atoms with Gasteiger partial charge in [-0.2, -0.15) is 0 Å².